The molecule has 0 aromatic carbocycles. The average molecular weight is 225 g/mol. The van der Waals surface area contributed by atoms with E-state index in [0.717, 1.165) is 12.8 Å². The van der Waals surface area contributed by atoms with Crippen LogP contribution in [0.5, 0.6) is 0 Å². The van der Waals surface area contributed by atoms with Crippen LogP contribution in [0, 0.1) is 23.7 Å². The smallest absolute Gasteiger partial charge is 0.230 e. The summed E-state index contributed by atoms with van der Waals surface area (Å²) < 4.78 is 0. The van der Waals surface area contributed by atoms with Crippen LogP contribution in [-0.4, -0.2) is 11.8 Å². The molecule has 3 heteroatoms. The van der Waals surface area contributed by atoms with Gasteiger partial charge in [0.2, 0.25) is 11.8 Å². The van der Waals surface area contributed by atoms with Crippen molar-refractivity contribution in [2.24, 2.45) is 23.7 Å². The van der Waals surface area contributed by atoms with E-state index in [4.69, 9.17) is 0 Å². The van der Waals surface area contributed by atoms with Gasteiger partial charge >= 0.3 is 0 Å². The fourth-order valence-corrected chi connectivity index (χ4v) is 2.59. The van der Waals surface area contributed by atoms with Crippen LogP contribution in [0.15, 0.2) is 0 Å². The van der Waals surface area contributed by atoms with E-state index < -0.39 is 0 Å². The summed E-state index contributed by atoms with van der Waals surface area (Å²) in [5.74, 6) is 1.26. The normalized spacial score (nSPS) is 21.3. The second kappa shape index (κ2) is 5.46. The van der Waals surface area contributed by atoms with Gasteiger partial charge in [0.05, 0.1) is 0 Å². The molecule has 0 aliphatic carbocycles. The van der Waals surface area contributed by atoms with E-state index in [9.17, 15) is 9.59 Å². The zero-order chi connectivity index (χ0) is 12.3. The van der Waals surface area contributed by atoms with Gasteiger partial charge in [-0.2, -0.15) is 0 Å². The van der Waals surface area contributed by atoms with Gasteiger partial charge in [-0.25, -0.2) is 0 Å². The zero-order valence-corrected chi connectivity index (χ0v) is 10.7. The van der Waals surface area contributed by atoms with Crippen molar-refractivity contribution in [2.45, 2.75) is 47.0 Å². The van der Waals surface area contributed by atoms with Gasteiger partial charge < -0.3 is 0 Å². The highest BCUT2D eigenvalue weighted by Gasteiger charge is 2.36. The molecule has 0 spiro atoms. The Balaban J connectivity index is 2.67. The lowest BCUT2D eigenvalue weighted by molar-refractivity contribution is -0.126. The van der Waals surface area contributed by atoms with E-state index in [1.54, 1.807) is 0 Å². The number of hydrogen-bond donors (Lipinski definition) is 1. The lowest BCUT2D eigenvalue weighted by Gasteiger charge is -2.24. The monoisotopic (exact) mass is 225 g/mol. The minimum absolute atomic E-state index is 0.0590. The largest absolute Gasteiger partial charge is 0.296 e. The number of hydrogen-bond acceptors (Lipinski definition) is 2. The van der Waals surface area contributed by atoms with Crippen LogP contribution in [0.1, 0.15) is 47.0 Å². The number of carbonyl (C=O) groups is 2. The fraction of sp³-hybridized carbons (Fsp3) is 0.846. The molecule has 1 heterocycles. The van der Waals surface area contributed by atoms with Crippen LogP contribution in [0.25, 0.3) is 0 Å². The summed E-state index contributed by atoms with van der Waals surface area (Å²) in [6, 6.07) is 0. The molecule has 1 saturated heterocycles. The standard InChI is InChI=1S/C13H23NO2/c1-8(2)5-10(6-9(3)4)11-7-12(15)14-13(11)16/h8-11H,5-7H2,1-4H3,(H,14,15,16). The van der Waals surface area contributed by atoms with Crippen molar-refractivity contribution in [3.8, 4) is 0 Å². The first-order valence-electron chi connectivity index (χ1n) is 6.23. The molecule has 0 bridgehead atoms. The highest BCUT2D eigenvalue weighted by molar-refractivity contribution is 6.03. The molecular formula is C13H23NO2. The van der Waals surface area contributed by atoms with Crippen molar-refractivity contribution in [2.75, 3.05) is 0 Å². The topological polar surface area (TPSA) is 46.2 Å². The number of carbonyl (C=O) groups excluding carboxylic acids is 2. The summed E-state index contributed by atoms with van der Waals surface area (Å²) in [5, 5.41) is 2.42. The first-order valence-corrected chi connectivity index (χ1v) is 6.23. The highest BCUT2D eigenvalue weighted by atomic mass is 16.2. The summed E-state index contributed by atoms with van der Waals surface area (Å²) in [6.07, 6.45) is 2.45. The Kier molecular flexibility index (Phi) is 4.51. The molecule has 2 amide bonds. The maximum Gasteiger partial charge on any atom is 0.230 e. The van der Waals surface area contributed by atoms with Crippen molar-refractivity contribution in [1.29, 1.82) is 0 Å². The number of rotatable bonds is 5. The molecule has 1 rings (SSSR count). The van der Waals surface area contributed by atoms with E-state index in [1.807, 2.05) is 0 Å². The maximum absolute atomic E-state index is 11.7. The molecule has 0 aromatic heterocycles. The second-order valence-corrected chi connectivity index (χ2v) is 5.74. The number of amides is 2. The van der Waals surface area contributed by atoms with Crippen molar-refractivity contribution in [1.82, 2.24) is 5.32 Å². The van der Waals surface area contributed by atoms with Crippen molar-refractivity contribution >= 4 is 11.8 Å². The zero-order valence-electron chi connectivity index (χ0n) is 10.7. The van der Waals surface area contributed by atoms with Crippen molar-refractivity contribution < 1.29 is 9.59 Å². The molecule has 1 atom stereocenters. The molecule has 1 N–H and O–H groups in total. The predicted molar refractivity (Wildman–Crippen MR) is 63.7 cm³/mol. The predicted octanol–water partition coefficient (Wildman–Crippen LogP) is 2.36. The summed E-state index contributed by atoms with van der Waals surface area (Å²) in [4.78, 5) is 22.9. The van der Waals surface area contributed by atoms with E-state index in [1.165, 1.54) is 0 Å². The number of nitrogens with one attached hydrogen (secondary N) is 1. The van der Waals surface area contributed by atoms with Gasteiger partial charge in [-0.1, -0.05) is 27.7 Å². The van der Waals surface area contributed by atoms with Crippen LogP contribution in [-0.2, 0) is 9.59 Å². The molecule has 1 unspecified atom stereocenters. The van der Waals surface area contributed by atoms with Crippen LogP contribution in [0.3, 0.4) is 0 Å². The van der Waals surface area contributed by atoms with Gasteiger partial charge in [-0.15, -0.1) is 0 Å². The molecule has 3 nitrogen and oxygen atoms in total. The molecule has 1 fully saturated rings. The molecule has 92 valence electrons. The Morgan fingerprint density at radius 2 is 1.62 bits per heavy atom. The van der Waals surface area contributed by atoms with Gasteiger partial charge in [0.25, 0.3) is 0 Å². The summed E-state index contributed by atoms with van der Waals surface area (Å²) in [5.41, 5.74) is 0. The summed E-state index contributed by atoms with van der Waals surface area (Å²) >= 11 is 0. The highest BCUT2D eigenvalue weighted by Crippen LogP contribution is 2.31. The Labute approximate surface area is 98.0 Å². The molecule has 0 aromatic rings. The van der Waals surface area contributed by atoms with Crippen LogP contribution in [0.2, 0.25) is 0 Å². The third-order valence-electron chi connectivity index (χ3n) is 3.12. The van der Waals surface area contributed by atoms with Gasteiger partial charge in [0.1, 0.15) is 0 Å². The average Bonchev–Trinajstić information content (AvgIpc) is 2.42. The van der Waals surface area contributed by atoms with E-state index in [-0.39, 0.29) is 17.7 Å². The Morgan fingerprint density at radius 3 is 1.94 bits per heavy atom. The molecular weight excluding hydrogens is 202 g/mol. The first-order chi connectivity index (χ1) is 7.40. The van der Waals surface area contributed by atoms with Crippen molar-refractivity contribution in [3.63, 3.8) is 0 Å². The van der Waals surface area contributed by atoms with E-state index in [0.29, 0.717) is 24.2 Å². The Hall–Kier alpha value is -0.860. The molecule has 1 aliphatic heterocycles. The molecule has 16 heavy (non-hydrogen) atoms. The second-order valence-electron chi connectivity index (χ2n) is 5.74. The molecule has 0 radical (unpaired) electrons. The minimum Gasteiger partial charge on any atom is -0.296 e. The van der Waals surface area contributed by atoms with Crippen LogP contribution in [0.4, 0.5) is 0 Å². The minimum atomic E-state index is -0.104. The van der Waals surface area contributed by atoms with Gasteiger partial charge in [-0.05, 0) is 30.6 Å². The van der Waals surface area contributed by atoms with E-state index in [2.05, 4.69) is 33.0 Å². The van der Waals surface area contributed by atoms with Gasteiger partial charge in [-0.3, -0.25) is 14.9 Å². The Bertz CT molecular complexity index is 261. The quantitative estimate of drug-likeness (QED) is 0.730. The molecule has 0 saturated carbocycles. The lowest BCUT2D eigenvalue weighted by Crippen LogP contribution is -2.27. The SMILES string of the molecule is CC(C)CC(CC(C)C)C1CC(=O)NC1=O. The summed E-state index contributed by atoms with van der Waals surface area (Å²) in [7, 11) is 0. The molecule has 1 aliphatic rings. The third kappa shape index (κ3) is 3.62. The lowest BCUT2D eigenvalue weighted by atomic mass is 9.79. The maximum atomic E-state index is 11.7. The van der Waals surface area contributed by atoms with E-state index >= 15 is 0 Å². The summed E-state index contributed by atoms with van der Waals surface area (Å²) in [6.45, 7) is 8.67. The van der Waals surface area contributed by atoms with Crippen LogP contribution < -0.4 is 5.32 Å². The third-order valence-corrected chi connectivity index (χ3v) is 3.12. The fourth-order valence-electron chi connectivity index (χ4n) is 2.59. The first kappa shape index (κ1) is 13.2. The van der Waals surface area contributed by atoms with Gasteiger partial charge in [0, 0.05) is 12.3 Å². The van der Waals surface area contributed by atoms with Crippen molar-refractivity contribution in [3.05, 3.63) is 0 Å². The number of imide groups is 1. The van der Waals surface area contributed by atoms with Gasteiger partial charge in [0.15, 0.2) is 0 Å². The van der Waals surface area contributed by atoms with Crippen LogP contribution >= 0.6 is 0 Å². The Morgan fingerprint density at radius 1 is 1.12 bits per heavy atom.